The zero-order valence-electron chi connectivity index (χ0n) is 11.0. The van der Waals surface area contributed by atoms with Gasteiger partial charge in [-0.2, -0.15) is 0 Å². The van der Waals surface area contributed by atoms with Crippen LogP contribution in [-0.4, -0.2) is 19.3 Å². The quantitative estimate of drug-likeness (QED) is 0.787. The molecule has 102 valence electrons. The van der Waals surface area contributed by atoms with Crippen molar-refractivity contribution in [3.63, 3.8) is 0 Å². The topological polar surface area (TPSA) is 47.3 Å². The van der Waals surface area contributed by atoms with Crippen molar-refractivity contribution in [3.05, 3.63) is 22.4 Å². The van der Waals surface area contributed by atoms with Gasteiger partial charge in [-0.1, -0.05) is 13.8 Å². The molecule has 1 unspecified atom stereocenters. The molecule has 0 spiro atoms. The largest absolute Gasteiger partial charge is 0.397 e. The highest BCUT2D eigenvalue weighted by atomic mass is 79.9. The lowest BCUT2D eigenvalue weighted by atomic mass is 10.0. The number of anilines is 2. The predicted molar refractivity (Wildman–Crippen MR) is 77.3 cm³/mol. The van der Waals surface area contributed by atoms with Crippen LogP contribution in [-0.2, 0) is 4.74 Å². The minimum Gasteiger partial charge on any atom is -0.397 e. The molecule has 0 aromatic heterocycles. The molecule has 1 atom stereocenters. The molecule has 0 amide bonds. The van der Waals surface area contributed by atoms with Crippen LogP contribution < -0.4 is 11.1 Å². The second kappa shape index (κ2) is 6.95. The van der Waals surface area contributed by atoms with E-state index in [1.165, 1.54) is 6.07 Å². The minimum atomic E-state index is -0.328. The molecule has 3 N–H and O–H groups in total. The van der Waals surface area contributed by atoms with Gasteiger partial charge in [-0.15, -0.1) is 0 Å². The summed E-state index contributed by atoms with van der Waals surface area (Å²) < 4.78 is 19.3. The molecular formula is C13H20BrFN2O. The Morgan fingerprint density at radius 2 is 2.11 bits per heavy atom. The fourth-order valence-corrected chi connectivity index (χ4v) is 1.89. The minimum absolute atomic E-state index is 0.104. The van der Waals surface area contributed by atoms with E-state index in [1.54, 1.807) is 6.07 Å². The predicted octanol–water partition coefficient (Wildman–Crippen LogP) is 3.64. The molecule has 0 aliphatic carbocycles. The SMILES string of the molecule is CCOCC(Nc1cc(F)c(Br)cc1N)C(C)C. The highest BCUT2D eigenvalue weighted by Crippen LogP contribution is 2.27. The van der Waals surface area contributed by atoms with Crippen molar-refractivity contribution in [1.82, 2.24) is 0 Å². The lowest BCUT2D eigenvalue weighted by molar-refractivity contribution is 0.127. The van der Waals surface area contributed by atoms with E-state index in [4.69, 9.17) is 10.5 Å². The Labute approximate surface area is 116 Å². The summed E-state index contributed by atoms with van der Waals surface area (Å²) >= 11 is 3.11. The number of benzene rings is 1. The summed E-state index contributed by atoms with van der Waals surface area (Å²) in [5.41, 5.74) is 6.99. The first-order valence-corrected chi connectivity index (χ1v) is 6.83. The first-order valence-electron chi connectivity index (χ1n) is 6.04. The molecule has 1 rings (SSSR count). The lowest BCUT2D eigenvalue weighted by Crippen LogP contribution is -2.31. The van der Waals surface area contributed by atoms with E-state index in [0.717, 1.165) is 0 Å². The molecular weight excluding hydrogens is 299 g/mol. The fourth-order valence-electron chi connectivity index (χ4n) is 1.53. The normalized spacial score (nSPS) is 12.8. The first kappa shape index (κ1) is 15.2. The Kier molecular flexibility index (Phi) is 5.88. The van der Waals surface area contributed by atoms with Gasteiger partial charge in [0.05, 0.1) is 28.5 Å². The van der Waals surface area contributed by atoms with Gasteiger partial charge in [0, 0.05) is 12.7 Å². The third-order valence-corrected chi connectivity index (χ3v) is 3.35. The lowest BCUT2D eigenvalue weighted by Gasteiger charge is -2.24. The number of nitrogens with two attached hydrogens (primary N) is 1. The summed E-state index contributed by atoms with van der Waals surface area (Å²) in [7, 11) is 0. The Bertz CT molecular complexity index is 399. The molecule has 0 fully saturated rings. The van der Waals surface area contributed by atoms with Crippen molar-refractivity contribution in [2.45, 2.75) is 26.8 Å². The summed E-state index contributed by atoms with van der Waals surface area (Å²) in [5, 5.41) is 3.24. The molecule has 18 heavy (non-hydrogen) atoms. The molecule has 3 nitrogen and oxygen atoms in total. The van der Waals surface area contributed by atoms with Gasteiger partial charge in [0.1, 0.15) is 5.82 Å². The number of hydrogen-bond donors (Lipinski definition) is 2. The van der Waals surface area contributed by atoms with E-state index >= 15 is 0 Å². The van der Waals surface area contributed by atoms with E-state index in [1.807, 2.05) is 6.92 Å². The van der Waals surface area contributed by atoms with Crippen LogP contribution in [0.2, 0.25) is 0 Å². The maximum atomic E-state index is 13.5. The zero-order valence-corrected chi connectivity index (χ0v) is 12.6. The van der Waals surface area contributed by atoms with Crippen molar-refractivity contribution in [2.24, 2.45) is 5.92 Å². The van der Waals surface area contributed by atoms with Crippen LogP contribution in [0.3, 0.4) is 0 Å². The monoisotopic (exact) mass is 318 g/mol. The van der Waals surface area contributed by atoms with Gasteiger partial charge < -0.3 is 15.8 Å². The summed E-state index contributed by atoms with van der Waals surface area (Å²) in [6.45, 7) is 7.36. The number of halogens is 2. The highest BCUT2D eigenvalue weighted by Gasteiger charge is 2.15. The number of nitrogen functional groups attached to an aromatic ring is 1. The van der Waals surface area contributed by atoms with E-state index in [2.05, 4.69) is 35.1 Å². The second-order valence-corrected chi connectivity index (χ2v) is 5.36. The van der Waals surface area contributed by atoms with Gasteiger partial charge in [-0.05, 0) is 34.8 Å². The molecule has 0 aliphatic heterocycles. The van der Waals surface area contributed by atoms with Crippen LogP contribution in [0.1, 0.15) is 20.8 Å². The van der Waals surface area contributed by atoms with Crippen molar-refractivity contribution in [1.29, 1.82) is 0 Å². The van der Waals surface area contributed by atoms with E-state index < -0.39 is 0 Å². The Hall–Kier alpha value is -0.810. The van der Waals surface area contributed by atoms with E-state index in [-0.39, 0.29) is 11.9 Å². The maximum Gasteiger partial charge on any atom is 0.139 e. The second-order valence-electron chi connectivity index (χ2n) is 4.51. The number of hydrogen-bond acceptors (Lipinski definition) is 3. The van der Waals surface area contributed by atoms with E-state index in [0.29, 0.717) is 35.0 Å². The molecule has 1 aromatic carbocycles. The van der Waals surface area contributed by atoms with Gasteiger partial charge in [-0.3, -0.25) is 0 Å². The Balaban J connectivity index is 2.83. The molecule has 0 saturated carbocycles. The number of ether oxygens (including phenoxy) is 1. The molecule has 0 bridgehead atoms. The molecule has 0 saturated heterocycles. The summed E-state index contributed by atoms with van der Waals surface area (Å²) in [4.78, 5) is 0. The third-order valence-electron chi connectivity index (χ3n) is 2.74. The number of rotatable bonds is 6. The van der Waals surface area contributed by atoms with Gasteiger partial charge >= 0.3 is 0 Å². The first-order chi connectivity index (χ1) is 8.45. The van der Waals surface area contributed by atoms with Crippen LogP contribution in [0.15, 0.2) is 16.6 Å². The van der Waals surface area contributed by atoms with Gasteiger partial charge in [0.2, 0.25) is 0 Å². The van der Waals surface area contributed by atoms with Gasteiger partial charge in [-0.25, -0.2) is 4.39 Å². The molecule has 5 heteroatoms. The standard InChI is InChI=1S/C13H20BrFN2O/c1-4-18-7-13(8(2)3)17-12-6-10(15)9(14)5-11(12)16/h5-6,8,13,17H,4,7,16H2,1-3H3. The van der Waals surface area contributed by atoms with Crippen LogP contribution in [0.5, 0.6) is 0 Å². The average molecular weight is 319 g/mol. The Morgan fingerprint density at radius 3 is 2.67 bits per heavy atom. The Morgan fingerprint density at radius 1 is 1.44 bits per heavy atom. The third kappa shape index (κ3) is 4.14. The summed E-state index contributed by atoms with van der Waals surface area (Å²) in [5.74, 6) is 0.0354. The van der Waals surface area contributed by atoms with Crippen molar-refractivity contribution >= 4 is 27.3 Å². The number of nitrogens with one attached hydrogen (secondary N) is 1. The molecule has 1 aromatic rings. The van der Waals surface area contributed by atoms with Crippen LogP contribution >= 0.6 is 15.9 Å². The summed E-state index contributed by atoms with van der Waals surface area (Å²) in [6, 6.07) is 3.07. The highest BCUT2D eigenvalue weighted by molar-refractivity contribution is 9.10. The molecule has 0 heterocycles. The van der Waals surface area contributed by atoms with Crippen LogP contribution in [0.25, 0.3) is 0 Å². The molecule has 0 aliphatic rings. The van der Waals surface area contributed by atoms with Gasteiger partial charge in [0.25, 0.3) is 0 Å². The fraction of sp³-hybridized carbons (Fsp3) is 0.538. The average Bonchev–Trinajstić information content (AvgIpc) is 2.30. The van der Waals surface area contributed by atoms with Crippen LogP contribution in [0, 0.1) is 11.7 Å². The molecule has 0 radical (unpaired) electrons. The van der Waals surface area contributed by atoms with Crippen molar-refractivity contribution in [2.75, 3.05) is 24.3 Å². The zero-order chi connectivity index (χ0) is 13.7. The van der Waals surface area contributed by atoms with E-state index in [9.17, 15) is 4.39 Å². The maximum absolute atomic E-state index is 13.5. The summed E-state index contributed by atoms with van der Waals surface area (Å²) in [6.07, 6.45) is 0. The van der Waals surface area contributed by atoms with Crippen molar-refractivity contribution in [3.8, 4) is 0 Å². The van der Waals surface area contributed by atoms with Gasteiger partial charge in [0.15, 0.2) is 0 Å². The van der Waals surface area contributed by atoms with Crippen molar-refractivity contribution < 1.29 is 9.13 Å². The smallest absolute Gasteiger partial charge is 0.139 e. The van der Waals surface area contributed by atoms with Crippen LogP contribution in [0.4, 0.5) is 15.8 Å².